The van der Waals surface area contributed by atoms with E-state index in [1.165, 1.54) is 7.11 Å². The standard InChI is InChI=1S/C18H23NO5/c1-12-3-7-15(17(21)22)11-19(12)16(20)10-6-13-4-8-14(9-5-13)18(23)24-2/h4-5,8-9,12,15H,3,6-7,10-11H2,1-2H3,(H,21,22). The smallest absolute Gasteiger partial charge is 0.337 e. The van der Waals surface area contributed by atoms with Crippen molar-refractivity contribution in [3.05, 3.63) is 35.4 Å². The normalized spacial score (nSPS) is 20.5. The van der Waals surface area contributed by atoms with Crippen LogP contribution in [-0.2, 0) is 20.7 Å². The molecule has 2 atom stereocenters. The maximum Gasteiger partial charge on any atom is 0.337 e. The van der Waals surface area contributed by atoms with Crippen LogP contribution in [0.1, 0.15) is 42.1 Å². The second-order valence-electron chi connectivity index (χ2n) is 6.20. The van der Waals surface area contributed by atoms with Gasteiger partial charge in [0.1, 0.15) is 0 Å². The topological polar surface area (TPSA) is 83.9 Å². The summed E-state index contributed by atoms with van der Waals surface area (Å²) in [7, 11) is 1.33. The number of esters is 1. The predicted octanol–water partition coefficient (Wildman–Crippen LogP) is 2.12. The van der Waals surface area contributed by atoms with Gasteiger partial charge in [-0.1, -0.05) is 12.1 Å². The second kappa shape index (κ2) is 7.95. The zero-order valence-electron chi connectivity index (χ0n) is 14.0. The molecule has 0 radical (unpaired) electrons. The summed E-state index contributed by atoms with van der Waals surface area (Å²) in [6.07, 6.45) is 2.22. The Morgan fingerprint density at radius 3 is 2.46 bits per heavy atom. The molecule has 0 spiro atoms. The SMILES string of the molecule is COC(=O)c1ccc(CCC(=O)N2CC(C(=O)O)CCC2C)cc1. The van der Waals surface area contributed by atoms with Crippen LogP contribution in [0.2, 0.25) is 0 Å². The molecule has 1 aromatic rings. The van der Waals surface area contributed by atoms with Crippen molar-refractivity contribution < 1.29 is 24.2 Å². The minimum atomic E-state index is -0.835. The summed E-state index contributed by atoms with van der Waals surface area (Å²) < 4.78 is 4.65. The Labute approximate surface area is 141 Å². The number of piperidine rings is 1. The molecular formula is C18H23NO5. The van der Waals surface area contributed by atoms with Gasteiger partial charge in [0, 0.05) is 19.0 Å². The molecule has 0 aliphatic carbocycles. The van der Waals surface area contributed by atoms with Crippen molar-refractivity contribution in [1.29, 1.82) is 0 Å². The average Bonchev–Trinajstić information content (AvgIpc) is 2.59. The Kier molecular flexibility index (Phi) is 5.95. The first kappa shape index (κ1) is 18.0. The zero-order chi connectivity index (χ0) is 17.7. The summed E-state index contributed by atoms with van der Waals surface area (Å²) in [6.45, 7) is 2.25. The van der Waals surface area contributed by atoms with Gasteiger partial charge >= 0.3 is 11.9 Å². The van der Waals surface area contributed by atoms with E-state index in [9.17, 15) is 14.4 Å². The number of amides is 1. The summed E-state index contributed by atoms with van der Waals surface area (Å²) in [4.78, 5) is 36.6. The number of likely N-dealkylation sites (tertiary alicyclic amines) is 1. The van der Waals surface area contributed by atoms with Crippen molar-refractivity contribution in [2.75, 3.05) is 13.7 Å². The third kappa shape index (κ3) is 4.34. The molecule has 1 heterocycles. The number of carboxylic acids is 1. The highest BCUT2D eigenvalue weighted by Gasteiger charge is 2.32. The maximum atomic E-state index is 12.4. The van der Waals surface area contributed by atoms with E-state index in [-0.39, 0.29) is 24.5 Å². The van der Waals surface area contributed by atoms with E-state index in [4.69, 9.17) is 5.11 Å². The molecule has 6 heteroatoms. The van der Waals surface area contributed by atoms with E-state index in [0.29, 0.717) is 24.8 Å². The summed E-state index contributed by atoms with van der Waals surface area (Å²) in [5.41, 5.74) is 1.43. The number of hydrogen-bond acceptors (Lipinski definition) is 4. The summed E-state index contributed by atoms with van der Waals surface area (Å²) in [5.74, 6) is -1.72. The third-order valence-electron chi connectivity index (χ3n) is 4.55. The molecule has 6 nitrogen and oxygen atoms in total. The first-order valence-corrected chi connectivity index (χ1v) is 8.12. The van der Waals surface area contributed by atoms with Crippen LogP contribution in [0.25, 0.3) is 0 Å². The monoisotopic (exact) mass is 333 g/mol. The lowest BCUT2D eigenvalue weighted by atomic mass is 9.93. The maximum absolute atomic E-state index is 12.4. The lowest BCUT2D eigenvalue weighted by molar-refractivity contribution is -0.147. The fraction of sp³-hybridized carbons (Fsp3) is 0.500. The summed E-state index contributed by atoms with van der Waals surface area (Å²) >= 11 is 0. The Morgan fingerprint density at radius 1 is 1.21 bits per heavy atom. The van der Waals surface area contributed by atoms with E-state index < -0.39 is 11.9 Å². The number of carbonyl (C=O) groups excluding carboxylic acids is 2. The number of rotatable bonds is 5. The molecule has 1 aliphatic rings. The highest BCUT2D eigenvalue weighted by Crippen LogP contribution is 2.23. The van der Waals surface area contributed by atoms with E-state index in [2.05, 4.69) is 4.74 Å². The average molecular weight is 333 g/mol. The number of aliphatic carboxylic acids is 1. The van der Waals surface area contributed by atoms with Crippen LogP contribution in [0.3, 0.4) is 0 Å². The van der Waals surface area contributed by atoms with Crippen LogP contribution >= 0.6 is 0 Å². The van der Waals surface area contributed by atoms with Crippen molar-refractivity contribution in [3.63, 3.8) is 0 Å². The number of aryl methyl sites for hydroxylation is 1. The van der Waals surface area contributed by atoms with Crippen molar-refractivity contribution in [1.82, 2.24) is 4.90 Å². The van der Waals surface area contributed by atoms with Crippen molar-refractivity contribution in [3.8, 4) is 0 Å². The van der Waals surface area contributed by atoms with E-state index >= 15 is 0 Å². The Hall–Kier alpha value is -2.37. The molecule has 0 bridgehead atoms. The molecule has 1 N–H and O–H groups in total. The first-order valence-electron chi connectivity index (χ1n) is 8.12. The highest BCUT2D eigenvalue weighted by atomic mass is 16.5. The van der Waals surface area contributed by atoms with Gasteiger partial charge in [0.15, 0.2) is 0 Å². The minimum Gasteiger partial charge on any atom is -0.481 e. The molecule has 130 valence electrons. The number of hydrogen-bond donors (Lipinski definition) is 1. The van der Waals surface area contributed by atoms with Gasteiger partial charge in [-0.15, -0.1) is 0 Å². The van der Waals surface area contributed by atoms with Crippen LogP contribution in [0.5, 0.6) is 0 Å². The third-order valence-corrected chi connectivity index (χ3v) is 4.55. The highest BCUT2D eigenvalue weighted by molar-refractivity contribution is 5.89. The van der Waals surface area contributed by atoms with E-state index in [0.717, 1.165) is 12.0 Å². The molecule has 2 unspecified atom stereocenters. The lowest BCUT2D eigenvalue weighted by Crippen LogP contribution is -2.47. The Morgan fingerprint density at radius 2 is 1.88 bits per heavy atom. The number of carboxylic acid groups (broad SMARTS) is 1. The van der Waals surface area contributed by atoms with Crippen molar-refractivity contribution in [2.45, 2.75) is 38.6 Å². The zero-order valence-corrected chi connectivity index (χ0v) is 14.0. The van der Waals surface area contributed by atoms with E-state index in [1.54, 1.807) is 29.2 Å². The molecule has 24 heavy (non-hydrogen) atoms. The Bertz CT molecular complexity index is 610. The summed E-state index contributed by atoms with van der Waals surface area (Å²) in [6, 6.07) is 7.04. The predicted molar refractivity (Wildman–Crippen MR) is 87.6 cm³/mol. The van der Waals surface area contributed by atoms with Gasteiger partial charge in [-0.3, -0.25) is 9.59 Å². The molecule has 1 amide bonds. The van der Waals surface area contributed by atoms with Gasteiger partial charge in [-0.25, -0.2) is 4.79 Å². The van der Waals surface area contributed by atoms with Crippen molar-refractivity contribution in [2.24, 2.45) is 5.92 Å². The molecular weight excluding hydrogens is 310 g/mol. The molecule has 1 saturated heterocycles. The van der Waals surface area contributed by atoms with E-state index in [1.807, 2.05) is 6.92 Å². The summed E-state index contributed by atoms with van der Waals surface area (Å²) in [5, 5.41) is 9.15. The van der Waals surface area contributed by atoms with Gasteiger partial charge < -0.3 is 14.7 Å². The second-order valence-corrected chi connectivity index (χ2v) is 6.20. The van der Waals surface area contributed by atoms with Crippen LogP contribution in [0.4, 0.5) is 0 Å². The number of carbonyl (C=O) groups is 3. The fourth-order valence-corrected chi connectivity index (χ4v) is 2.98. The lowest BCUT2D eigenvalue weighted by Gasteiger charge is -2.36. The van der Waals surface area contributed by atoms with Gasteiger partial charge in [-0.05, 0) is 43.9 Å². The van der Waals surface area contributed by atoms with Crippen molar-refractivity contribution >= 4 is 17.8 Å². The van der Waals surface area contributed by atoms with Gasteiger partial charge in [0.2, 0.25) is 5.91 Å². The molecule has 1 aliphatic heterocycles. The Balaban J connectivity index is 1.92. The van der Waals surface area contributed by atoms with Gasteiger partial charge in [-0.2, -0.15) is 0 Å². The quantitative estimate of drug-likeness (QED) is 0.835. The number of methoxy groups -OCH3 is 1. The minimum absolute atomic E-state index is 0.0227. The molecule has 1 fully saturated rings. The molecule has 0 saturated carbocycles. The first-order chi connectivity index (χ1) is 11.4. The molecule has 1 aromatic carbocycles. The molecule has 0 aromatic heterocycles. The van der Waals surface area contributed by atoms with Gasteiger partial charge in [0.05, 0.1) is 18.6 Å². The number of benzene rings is 1. The van der Waals surface area contributed by atoms with Gasteiger partial charge in [0.25, 0.3) is 0 Å². The van der Waals surface area contributed by atoms with Crippen LogP contribution in [0.15, 0.2) is 24.3 Å². The number of nitrogens with zero attached hydrogens (tertiary/aromatic N) is 1. The fourth-order valence-electron chi connectivity index (χ4n) is 2.98. The van der Waals surface area contributed by atoms with Crippen LogP contribution in [-0.4, -0.2) is 47.5 Å². The van der Waals surface area contributed by atoms with Crippen LogP contribution < -0.4 is 0 Å². The largest absolute Gasteiger partial charge is 0.481 e. The molecule has 2 rings (SSSR count). The number of ether oxygens (including phenoxy) is 1. The van der Waals surface area contributed by atoms with Crippen LogP contribution in [0, 0.1) is 5.92 Å².